The third-order valence-electron chi connectivity index (χ3n) is 5.53. The van der Waals surface area contributed by atoms with Crippen LogP contribution in [0.1, 0.15) is 12.5 Å². The van der Waals surface area contributed by atoms with Crippen LogP contribution in [-0.2, 0) is 14.8 Å². The zero-order valence-corrected chi connectivity index (χ0v) is 19.4. The maximum Gasteiger partial charge on any atom is 0.295 e. The van der Waals surface area contributed by atoms with Gasteiger partial charge in [-0.3, -0.25) is 15.5 Å². The smallest absolute Gasteiger partial charge is 0.295 e. The van der Waals surface area contributed by atoms with Crippen molar-refractivity contribution in [3.05, 3.63) is 88.5 Å². The Bertz CT molecular complexity index is 1300. The molecule has 4 rings (SSSR count). The van der Waals surface area contributed by atoms with E-state index in [4.69, 9.17) is 4.74 Å². The zero-order valence-electron chi connectivity index (χ0n) is 18.5. The number of hydrogen-bond donors (Lipinski definition) is 1. The fourth-order valence-electron chi connectivity index (χ4n) is 3.60. The van der Waals surface area contributed by atoms with Crippen molar-refractivity contribution in [2.75, 3.05) is 31.7 Å². The van der Waals surface area contributed by atoms with Crippen molar-refractivity contribution in [2.45, 2.75) is 11.8 Å². The van der Waals surface area contributed by atoms with Crippen molar-refractivity contribution in [3.8, 4) is 11.1 Å². The van der Waals surface area contributed by atoms with Gasteiger partial charge in [-0.2, -0.15) is 9.41 Å². The first-order chi connectivity index (χ1) is 16.4. The highest BCUT2D eigenvalue weighted by Gasteiger charge is 2.28. The van der Waals surface area contributed by atoms with Gasteiger partial charge in [0.15, 0.2) is 0 Å². The summed E-state index contributed by atoms with van der Waals surface area (Å²) < 4.78 is 32.2. The summed E-state index contributed by atoms with van der Waals surface area (Å²) in [5.41, 5.74) is 6.09. The lowest BCUT2D eigenvalue weighted by Gasteiger charge is -2.26. The van der Waals surface area contributed by atoms with Crippen molar-refractivity contribution in [1.82, 2.24) is 4.31 Å². The first kappa shape index (κ1) is 23.6. The molecule has 0 spiro atoms. The summed E-state index contributed by atoms with van der Waals surface area (Å²) in [4.78, 5) is 10.9. The highest BCUT2D eigenvalue weighted by atomic mass is 32.2. The number of nitrogens with one attached hydrogen (secondary N) is 1. The van der Waals surface area contributed by atoms with Crippen LogP contribution in [0.4, 0.5) is 11.4 Å². The minimum absolute atomic E-state index is 0.103. The number of ether oxygens (including phenoxy) is 1. The van der Waals surface area contributed by atoms with Crippen molar-refractivity contribution in [1.29, 1.82) is 0 Å². The van der Waals surface area contributed by atoms with Crippen LogP contribution in [0.5, 0.6) is 0 Å². The number of benzene rings is 3. The summed E-state index contributed by atoms with van der Waals surface area (Å²) in [5, 5.41) is 15.9. The third-order valence-corrected chi connectivity index (χ3v) is 7.42. The van der Waals surface area contributed by atoms with Crippen molar-refractivity contribution in [3.63, 3.8) is 0 Å². The van der Waals surface area contributed by atoms with E-state index in [0.717, 1.165) is 22.8 Å². The van der Waals surface area contributed by atoms with E-state index in [1.54, 1.807) is 6.92 Å². The lowest BCUT2D eigenvalue weighted by atomic mass is 10.0. The van der Waals surface area contributed by atoms with Crippen LogP contribution in [0.3, 0.4) is 0 Å². The van der Waals surface area contributed by atoms with Gasteiger partial charge in [0.1, 0.15) is 5.69 Å². The molecule has 0 bridgehead atoms. The normalized spacial score (nSPS) is 15.1. The summed E-state index contributed by atoms with van der Waals surface area (Å²) in [7, 11) is -3.85. The predicted octanol–water partition coefficient (Wildman–Crippen LogP) is 4.12. The average Bonchev–Trinajstić information content (AvgIpc) is 2.88. The molecule has 1 aliphatic heterocycles. The Morgan fingerprint density at radius 1 is 1.00 bits per heavy atom. The molecule has 9 nitrogen and oxygen atoms in total. The van der Waals surface area contributed by atoms with Gasteiger partial charge in [-0.25, -0.2) is 8.42 Å². The molecule has 3 aromatic carbocycles. The van der Waals surface area contributed by atoms with Crippen LogP contribution in [0.15, 0.2) is 82.8 Å². The highest BCUT2D eigenvalue weighted by molar-refractivity contribution is 7.89. The number of nitro benzene ring substituents is 1. The van der Waals surface area contributed by atoms with Crippen LogP contribution < -0.4 is 5.43 Å². The third kappa shape index (κ3) is 5.14. The Balaban J connectivity index is 1.54. The molecule has 176 valence electrons. The largest absolute Gasteiger partial charge is 0.379 e. The van der Waals surface area contributed by atoms with E-state index >= 15 is 0 Å². The second-order valence-electron chi connectivity index (χ2n) is 7.70. The van der Waals surface area contributed by atoms with Crippen LogP contribution in [0.2, 0.25) is 0 Å². The maximum atomic E-state index is 12.9. The molecule has 0 aromatic heterocycles. The fraction of sp³-hybridized carbons (Fsp3) is 0.208. The molecule has 1 heterocycles. The molecule has 0 aliphatic carbocycles. The van der Waals surface area contributed by atoms with Crippen molar-refractivity contribution in [2.24, 2.45) is 5.10 Å². The predicted molar refractivity (Wildman–Crippen MR) is 130 cm³/mol. The molecular formula is C24H24N4O5S. The molecule has 1 saturated heterocycles. The van der Waals surface area contributed by atoms with E-state index in [2.05, 4.69) is 10.5 Å². The quantitative estimate of drug-likeness (QED) is 0.309. The SMILES string of the molecule is C/C(=N\Nc1ccc(S(=O)(=O)N2CCOCC2)cc1[N+](=O)[O-])c1ccc(-c2ccccc2)cc1. The number of sulfonamides is 1. The van der Waals surface area contributed by atoms with E-state index in [-0.39, 0.29) is 29.4 Å². The molecule has 1 N–H and O–H groups in total. The Morgan fingerprint density at radius 3 is 2.29 bits per heavy atom. The topological polar surface area (TPSA) is 114 Å². The van der Waals surface area contributed by atoms with Gasteiger partial charge in [-0.15, -0.1) is 0 Å². The minimum Gasteiger partial charge on any atom is -0.379 e. The van der Waals surface area contributed by atoms with Gasteiger partial charge in [0, 0.05) is 19.2 Å². The molecule has 34 heavy (non-hydrogen) atoms. The van der Waals surface area contributed by atoms with Gasteiger partial charge in [-0.05, 0) is 35.7 Å². The molecule has 3 aromatic rings. The number of hydrogen-bond acceptors (Lipinski definition) is 7. The molecule has 10 heteroatoms. The van der Waals surface area contributed by atoms with E-state index < -0.39 is 14.9 Å². The van der Waals surface area contributed by atoms with Crippen molar-refractivity contribution < 1.29 is 18.1 Å². The monoisotopic (exact) mass is 480 g/mol. The second kappa shape index (κ2) is 10.1. The zero-order chi connectivity index (χ0) is 24.1. The Kier molecular flexibility index (Phi) is 7.01. The molecule has 0 amide bonds. The molecule has 0 radical (unpaired) electrons. The first-order valence-corrected chi connectivity index (χ1v) is 12.1. The van der Waals surface area contributed by atoms with Crippen molar-refractivity contribution >= 4 is 27.1 Å². The number of morpholine rings is 1. The van der Waals surface area contributed by atoms with E-state index in [9.17, 15) is 18.5 Å². The molecule has 1 aliphatic rings. The van der Waals surface area contributed by atoms with Crippen LogP contribution in [0.25, 0.3) is 11.1 Å². The second-order valence-corrected chi connectivity index (χ2v) is 9.64. The number of nitro groups is 1. The summed E-state index contributed by atoms with van der Waals surface area (Å²) in [6, 6.07) is 21.6. The summed E-state index contributed by atoms with van der Waals surface area (Å²) in [5.74, 6) is 0. The maximum absolute atomic E-state index is 12.9. The molecule has 0 atom stereocenters. The van der Waals surface area contributed by atoms with Gasteiger partial charge in [0.25, 0.3) is 5.69 Å². The Morgan fingerprint density at radius 2 is 1.65 bits per heavy atom. The number of hydrazone groups is 1. The van der Waals surface area contributed by atoms with Crippen LogP contribution in [-0.4, -0.2) is 49.7 Å². The van der Waals surface area contributed by atoms with Gasteiger partial charge >= 0.3 is 0 Å². The number of nitrogens with zero attached hydrogens (tertiary/aromatic N) is 3. The standard InChI is InChI=1S/C24H24N4O5S/c1-18(19-7-9-21(10-8-19)20-5-3-2-4-6-20)25-26-23-12-11-22(17-24(23)28(29)30)34(31,32)27-13-15-33-16-14-27/h2-12,17,26H,13-16H2,1H3/b25-18+. The lowest BCUT2D eigenvalue weighted by Crippen LogP contribution is -2.40. The Labute approximate surface area is 197 Å². The van der Waals surface area contributed by atoms with Gasteiger partial charge in [-0.1, -0.05) is 54.6 Å². The Hall–Kier alpha value is -3.60. The molecule has 0 saturated carbocycles. The molecular weight excluding hydrogens is 456 g/mol. The highest BCUT2D eigenvalue weighted by Crippen LogP contribution is 2.29. The van der Waals surface area contributed by atoms with E-state index in [0.29, 0.717) is 18.9 Å². The summed E-state index contributed by atoms with van der Waals surface area (Å²) in [6.45, 7) is 2.79. The molecule has 1 fully saturated rings. The van der Waals surface area contributed by atoms with Gasteiger partial charge in [0.05, 0.1) is 28.7 Å². The summed E-state index contributed by atoms with van der Waals surface area (Å²) in [6.07, 6.45) is 0. The van der Waals surface area contributed by atoms with Gasteiger partial charge in [0.2, 0.25) is 10.0 Å². The number of rotatable bonds is 7. The van der Waals surface area contributed by atoms with Crippen LogP contribution >= 0.6 is 0 Å². The average molecular weight is 481 g/mol. The van der Waals surface area contributed by atoms with E-state index in [1.807, 2.05) is 54.6 Å². The van der Waals surface area contributed by atoms with Gasteiger partial charge < -0.3 is 4.74 Å². The first-order valence-electron chi connectivity index (χ1n) is 10.7. The van der Waals surface area contributed by atoms with E-state index in [1.165, 1.54) is 16.4 Å². The number of anilines is 1. The van der Waals surface area contributed by atoms with Crippen LogP contribution in [0, 0.1) is 10.1 Å². The molecule has 0 unspecified atom stereocenters. The lowest BCUT2D eigenvalue weighted by molar-refractivity contribution is -0.384. The fourth-order valence-corrected chi connectivity index (χ4v) is 5.03. The minimum atomic E-state index is -3.85. The summed E-state index contributed by atoms with van der Waals surface area (Å²) >= 11 is 0.